The lowest BCUT2D eigenvalue weighted by molar-refractivity contribution is -0.150. The van der Waals surface area contributed by atoms with Gasteiger partial charge in [0, 0.05) is 0 Å². The molecule has 0 bridgehead atoms. The summed E-state index contributed by atoms with van der Waals surface area (Å²) in [4.78, 5) is 12.3. The van der Waals surface area contributed by atoms with E-state index in [-0.39, 0.29) is 17.9 Å². The van der Waals surface area contributed by atoms with Gasteiger partial charge >= 0.3 is 5.97 Å². The van der Waals surface area contributed by atoms with Gasteiger partial charge in [0.25, 0.3) is 0 Å². The quantitative estimate of drug-likeness (QED) is 0.672. The van der Waals surface area contributed by atoms with Gasteiger partial charge in [-0.25, -0.2) is 5.53 Å². The van der Waals surface area contributed by atoms with Gasteiger partial charge in [-0.2, -0.15) is 5.11 Å². The molecule has 4 unspecified atom stereocenters. The lowest BCUT2D eigenvalue weighted by Gasteiger charge is -2.17. The summed E-state index contributed by atoms with van der Waals surface area (Å²) < 4.78 is 5.43. The normalized spacial score (nSPS) is 31.8. The van der Waals surface area contributed by atoms with E-state index in [9.17, 15) is 4.79 Å². The average molecular weight is 272 g/mol. The van der Waals surface area contributed by atoms with Gasteiger partial charge in [0.2, 0.25) is 0 Å². The fourth-order valence-corrected chi connectivity index (χ4v) is 3.83. The van der Waals surface area contributed by atoms with E-state index in [4.69, 9.17) is 10.3 Å². The number of benzene rings is 1. The molecule has 0 amide bonds. The summed E-state index contributed by atoms with van der Waals surface area (Å²) in [6.07, 6.45) is 4.36. The zero-order valence-electron chi connectivity index (χ0n) is 11.5. The fraction of sp³-hybridized carbons (Fsp3) is 0.562. The van der Waals surface area contributed by atoms with Crippen LogP contribution in [0.1, 0.15) is 31.2 Å². The van der Waals surface area contributed by atoms with Crippen LogP contribution in [-0.4, -0.2) is 12.0 Å². The van der Waals surface area contributed by atoms with Crippen molar-refractivity contribution in [2.75, 3.05) is 0 Å². The predicted octanol–water partition coefficient (Wildman–Crippen LogP) is 3.57. The average Bonchev–Trinajstić information content (AvgIpc) is 3.06. The molecule has 106 valence electrons. The number of ether oxygens (including phenoxy) is 1. The van der Waals surface area contributed by atoms with Gasteiger partial charge in [-0.1, -0.05) is 43.2 Å². The standard InChI is InChI=1S/C16H20N2O2/c17-18-15-13-8-4-7-12(13)9-14(15)16(19)20-10-11-5-2-1-3-6-11/h1-3,5-6,12-15,17H,4,7-10H2. The van der Waals surface area contributed by atoms with Gasteiger partial charge in [-0.3, -0.25) is 4.79 Å². The Morgan fingerprint density at radius 2 is 2.10 bits per heavy atom. The molecule has 1 aromatic rings. The highest BCUT2D eigenvalue weighted by molar-refractivity contribution is 5.74. The van der Waals surface area contributed by atoms with E-state index in [0.29, 0.717) is 18.4 Å². The summed E-state index contributed by atoms with van der Waals surface area (Å²) in [5, 5.41) is 3.74. The molecule has 2 aliphatic rings. The largest absolute Gasteiger partial charge is 0.461 e. The lowest BCUT2D eigenvalue weighted by atomic mass is 9.96. The minimum absolute atomic E-state index is 0.147. The second-order valence-electron chi connectivity index (χ2n) is 5.91. The summed E-state index contributed by atoms with van der Waals surface area (Å²) in [7, 11) is 0. The molecular formula is C16H20N2O2. The highest BCUT2D eigenvalue weighted by Gasteiger charge is 2.49. The maximum atomic E-state index is 12.3. The number of carbonyl (C=O) groups is 1. The van der Waals surface area contributed by atoms with E-state index in [0.717, 1.165) is 18.4 Å². The molecule has 3 rings (SSSR count). The molecule has 0 aromatic heterocycles. The van der Waals surface area contributed by atoms with E-state index in [1.807, 2.05) is 30.3 Å². The molecule has 20 heavy (non-hydrogen) atoms. The summed E-state index contributed by atoms with van der Waals surface area (Å²) in [6.45, 7) is 0.316. The maximum absolute atomic E-state index is 12.3. The maximum Gasteiger partial charge on any atom is 0.311 e. The Balaban J connectivity index is 1.61. The van der Waals surface area contributed by atoms with Crippen LogP contribution in [-0.2, 0) is 16.1 Å². The summed E-state index contributed by atoms with van der Waals surface area (Å²) in [6, 6.07) is 9.56. The first-order chi connectivity index (χ1) is 9.79. The van der Waals surface area contributed by atoms with Crippen molar-refractivity contribution in [2.45, 2.75) is 38.3 Å². The Morgan fingerprint density at radius 1 is 1.30 bits per heavy atom. The zero-order valence-corrected chi connectivity index (χ0v) is 11.5. The number of carbonyl (C=O) groups excluding carboxylic acids is 1. The zero-order chi connectivity index (χ0) is 13.9. The summed E-state index contributed by atoms with van der Waals surface area (Å²) >= 11 is 0. The third kappa shape index (κ3) is 2.47. The lowest BCUT2D eigenvalue weighted by Crippen LogP contribution is -2.27. The van der Waals surface area contributed by atoms with Crippen LogP contribution in [0.15, 0.2) is 35.4 Å². The molecule has 2 aliphatic carbocycles. The SMILES string of the molecule is N=NC1C(C(=O)OCc2ccccc2)CC2CCCC21. The van der Waals surface area contributed by atoms with Gasteiger partial charge in [-0.15, -0.1) is 0 Å². The van der Waals surface area contributed by atoms with E-state index >= 15 is 0 Å². The Bertz CT molecular complexity index is 489. The van der Waals surface area contributed by atoms with Crippen LogP contribution in [0, 0.1) is 23.3 Å². The first-order valence-electron chi connectivity index (χ1n) is 7.36. The van der Waals surface area contributed by atoms with Crippen LogP contribution >= 0.6 is 0 Å². The van der Waals surface area contributed by atoms with Gasteiger partial charge in [-0.05, 0) is 30.2 Å². The highest BCUT2D eigenvalue weighted by atomic mass is 16.5. The number of hydrogen-bond acceptors (Lipinski definition) is 4. The minimum Gasteiger partial charge on any atom is -0.461 e. The monoisotopic (exact) mass is 272 g/mol. The number of rotatable bonds is 4. The van der Waals surface area contributed by atoms with Gasteiger partial charge in [0.15, 0.2) is 0 Å². The number of hydrogen-bond donors (Lipinski definition) is 1. The molecule has 4 heteroatoms. The van der Waals surface area contributed by atoms with Crippen molar-refractivity contribution in [3.63, 3.8) is 0 Å². The summed E-state index contributed by atoms with van der Waals surface area (Å²) in [5.74, 6) is 0.626. The summed E-state index contributed by atoms with van der Waals surface area (Å²) in [5.41, 5.74) is 8.39. The second kappa shape index (κ2) is 5.73. The van der Waals surface area contributed by atoms with E-state index < -0.39 is 0 Å². The van der Waals surface area contributed by atoms with Crippen LogP contribution in [0.25, 0.3) is 0 Å². The van der Waals surface area contributed by atoms with E-state index in [2.05, 4.69) is 5.11 Å². The van der Waals surface area contributed by atoms with E-state index in [1.54, 1.807) is 0 Å². The Hall–Kier alpha value is -1.71. The van der Waals surface area contributed by atoms with Crippen LogP contribution in [0.4, 0.5) is 0 Å². The predicted molar refractivity (Wildman–Crippen MR) is 74.1 cm³/mol. The fourth-order valence-electron chi connectivity index (χ4n) is 3.83. The first kappa shape index (κ1) is 13.3. The topological polar surface area (TPSA) is 62.5 Å². The second-order valence-corrected chi connectivity index (χ2v) is 5.91. The Kier molecular flexibility index (Phi) is 3.81. The number of nitrogens with zero attached hydrogens (tertiary/aromatic N) is 1. The third-order valence-electron chi connectivity index (χ3n) is 4.80. The molecule has 2 fully saturated rings. The molecule has 0 radical (unpaired) electrons. The molecule has 0 spiro atoms. The number of nitrogens with one attached hydrogen (secondary N) is 1. The van der Waals surface area contributed by atoms with Crippen molar-refractivity contribution in [1.82, 2.24) is 0 Å². The van der Waals surface area contributed by atoms with Crippen molar-refractivity contribution in [2.24, 2.45) is 22.9 Å². The number of fused-ring (bicyclic) bond motifs is 1. The van der Waals surface area contributed by atoms with Gasteiger partial charge in [0.1, 0.15) is 6.61 Å². The molecule has 4 atom stereocenters. The minimum atomic E-state index is -0.202. The molecule has 1 aromatic carbocycles. The highest BCUT2D eigenvalue weighted by Crippen LogP contribution is 2.48. The van der Waals surface area contributed by atoms with Crippen molar-refractivity contribution in [3.8, 4) is 0 Å². The van der Waals surface area contributed by atoms with Gasteiger partial charge < -0.3 is 4.74 Å². The van der Waals surface area contributed by atoms with Crippen molar-refractivity contribution >= 4 is 5.97 Å². The van der Waals surface area contributed by atoms with Crippen LogP contribution in [0.3, 0.4) is 0 Å². The smallest absolute Gasteiger partial charge is 0.311 e. The van der Waals surface area contributed by atoms with Crippen molar-refractivity contribution in [3.05, 3.63) is 35.9 Å². The molecule has 0 saturated heterocycles. The molecule has 0 aliphatic heterocycles. The van der Waals surface area contributed by atoms with Gasteiger partial charge in [0.05, 0.1) is 12.0 Å². The molecule has 4 nitrogen and oxygen atoms in total. The van der Waals surface area contributed by atoms with Crippen LogP contribution < -0.4 is 0 Å². The van der Waals surface area contributed by atoms with Crippen molar-refractivity contribution in [1.29, 1.82) is 5.53 Å². The first-order valence-corrected chi connectivity index (χ1v) is 7.36. The molecular weight excluding hydrogens is 252 g/mol. The Morgan fingerprint density at radius 3 is 2.85 bits per heavy atom. The molecule has 1 N–H and O–H groups in total. The van der Waals surface area contributed by atoms with Crippen molar-refractivity contribution < 1.29 is 9.53 Å². The van der Waals surface area contributed by atoms with Crippen LogP contribution in [0.2, 0.25) is 0 Å². The van der Waals surface area contributed by atoms with E-state index in [1.165, 1.54) is 12.8 Å². The Labute approximate surface area is 119 Å². The number of esters is 1. The van der Waals surface area contributed by atoms with Crippen LogP contribution in [0.5, 0.6) is 0 Å². The molecule has 0 heterocycles. The third-order valence-corrected chi connectivity index (χ3v) is 4.80. The molecule has 2 saturated carbocycles.